The van der Waals surface area contributed by atoms with Crippen LogP contribution in [0.15, 0.2) is 15.5 Å². The molecule has 2 rings (SSSR count). The zero-order chi connectivity index (χ0) is 14.0. The number of ether oxygens (including phenoxy) is 1. The third-order valence-corrected chi connectivity index (χ3v) is 4.95. The molecule has 19 heavy (non-hydrogen) atoms. The Hall–Kier alpha value is -1.12. The van der Waals surface area contributed by atoms with Crippen LogP contribution in [0.3, 0.4) is 0 Å². The lowest BCUT2D eigenvalue weighted by atomic mass is 9.84. The molecule has 0 radical (unpaired) electrons. The number of hydrogen-bond donors (Lipinski definition) is 0. The monoisotopic (exact) mass is 323 g/mol. The number of rotatable bonds is 3. The first-order valence-electron chi connectivity index (χ1n) is 6.49. The fourth-order valence-electron chi connectivity index (χ4n) is 3.16. The maximum absolute atomic E-state index is 10.9. The highest BCUT2D eigenvalue weighted by Gasteiger charge is 2.40. The summed E-state index contributed by atoms with van der Waals surface area (Å²) >= 11 is 3.58. The molecule has 4 heteroatoms. The summed E-state index contributed by atoms with van der Waals surface area (Å²) in [4.78, 5) is 15.0. The van der Waals surface area contributed by atoms with Crippen LogP contribution in [0.5, 0.6) is 5.75 Å². The number of aryl methyl sites for hydroxylation is 2. The van der Waals surface area contributed by atoms with Crippen molar-refractivity contribution in [1.29, 1.82) is 0 Å². The number of methoxy groups -OCH3 is 1. The molecule has 102 valence electrons. The van der Waals surface area contributed by atoms with Crippen molar-refractivity contribution in [3.63, 3.8) is 0 Å². The van der Waals surface area contributed by atoms with Gasteiger partial charge in [0.25, 0.3) is 0 Å². The Morgan fingerprint density at radius 2 is 1.95 bits per heavy atom. The Labute approximate surface area is 122 Å². The maximum atomic E-state index is 10.9. The summed E-state index contributed by atoms with van der Waals surface area (Å²) in [6.07, 6.45) is 5.70. The van der Waals surface area contributed by atoms with Gasteiger partial charge in [-0.3, -0.25) is 0 Å². The average molecular weight is 324 g/mol. The van der Waals surface area contributed by atoms with Crippen LogP contribution in [-0.2, 0) is 10.3 Å². The quantitative estimate of drug-likeness (QED) is 0.618. The lowest BCUT2D eigenvalue weighted by Crippen LogP contribution is -2.22. The molecule has 0 heterocycles. The van der Waals surface area contributed by atoms with Gasteiger partial charge in [-0.1, -0.05) is 18.9 Å². The fraction of sp³-hybridized carbons (Fsp3) is 0.533. The molecule has 1 aromatic carbocycles. The summed E-state index contributed by atoms with van der Waals surface area (Å²) in [5.74, 6) is 0.804. The molecule has 0 atom stereocenters. The second-order valence-corrected chi connectivity index (χ2v) is 5.97. The Kier molecular flexibility index (Phi) is 4.12. The van der Waals surface area contributed by atoms with Crippen molar-refractivity contribution in [2.45, 2.75) is 45.1 Å². The summed E-state index contributed by atoms with van der Waals surface area (Å²) in [5.41, 5.74) is 2.83. The van der Waals surface area contributed by atoms with Crippen LogP contribution in [0.4, 0.5) is 0 Å². The molecule has 0 unspecified atom stereocenters. The second kappa shape index (κ2) is 5.48. The molecule has 1 saturated carbocycles. The SMILES string of the molecule is COc1c(Br)c(C)cc(C)c1C1(N=C=O)CCCC1. The van der Waals surface area contributed by atoms with E-state index in [1.807, 2.05) is 6.92 Å². The number of halogens is 1. The maximum Gasteiger partial charge on any atom is 0.235 e. The van der Waals surface area contributed by atoms with Crippen LogP contribution in [0, 0.1) is 13.8 Å². The number of aliphatic imine (C=N–C) groups is 1. The highest BCUT2D eigenvalue weighted by molar-refractivity contribution is 9.10. The summed E-state index contributed by atoms with van der Waals surface area (Å²) < 4.78 is 6.53. The van der Waals surface area contributed by atoms with E-state index < -0.39 is 5.54 Å². The molecule has 0 saturated heterocycles. The topological polar surface area (TPSA) is 38.7 Å². The van der Waals surface area contributed by atoms with Crippen LogP contribution in [0.2, 0.25) is 0 Å². The van der Waals surface area contributed by atoms with Gasteiger partial charge in [0.2, 0.25) is 6.08 Å². The zero-order valence-corrected chi connectivity index (χ0v) is 13.1. The van der Waals surface area contributed by atoms with Gasteiger partial charge in [0.15, 0.2) is 0 Å². The van der Waals surface area contributed by atoms with Crippen LogP contribution < -0.4 is 4.74 Å². The van der Waals surface area contributed by atoms with Gasteiger partial charge >= 0.3 is 0 Å². The van der Waals surface area contributed by atoms with Crippen LogP contribution in [-0.4, -0.2) is 13.2 Å². The van der Waals surface area contributed by atoms with Crippen molar-refractivity contribution in [3.8, 4) is 5.75 Å². The van der Waals surface area contributed by atoms with Crippen molar-refractivity contribution < 1.29 is 9.53 Å². The third kappa shape index (κ3) is 2.35. The van der Waals surface area contributed by atoms with E-state index in [1.165, 1.54) is 0 Å². The Bertz CT molecular complexity index is 542. The number of benzene rings is 1. The summed E-state index contributed by atoms with van der Waals surface area (Å²) in [6, 6.07) is 2.11. The molecule has 1 aliphatic rings. The Morgan fingerprint density at radius 3 is 2.47 bits per heavy atom. The van der Waals surface area contributed by atoms with Gasteiger partial charge in [-0.05, 0) is 53.7 Å². The van der Waals surface area contributed by atoms with E-state index in [4.69, 9.17) is 4.74 Å². The van der Waals surface area contributed by atoms with Gasteiger partial charge in [-0.15, -0.1) is 0 Å². The minimum absolute atomic E-state index is 0.451. The largest absolute Gasteiger partial charge is 0.495 e. The van der Waals surface area contributed by atoms with Crippen molar-refractivity contribution in [2.75, 3.05) is 7.11 Å². The van der Waals surface area contributed by atoms with Gasteiger partial charge in [0, 0.05) is 5.56 Å². The smallest absolute Gasteiger partial charge is 0.235 e. The highest BCUT2D eigenvalue weighted by atomic mass is 79.9. The predicted octanol–water partition coefficient (Wildman–Crippen LogP) is 4.18. The molecular formula is C15H18BrNO2. The van der Waals surface area contributed by atoms with Gasteiger partial charge in [-0.2, -0.15) is 4.99 Å². The molecular weight excluding hydrogens is 306 g/mol. The van der Waals surface area contributed by atoms with Crippen LogP contribution >= 0.6 is 15.9 Å². The number of isocyanates is 1. The normalized spacial score (nSPS) is 17.1. The second-order valence-electron chi connectivity index (χ2n) is 5.17. The van der Waals surface area contributed by atoms with Gasteiger partial charge in [-0.25, -0.2) is 4.79 Å². The predicted molar refractivity (Wildman–Crippen MR) is 78.4 cm³/mol. The van der Waals surface area contributed by atoms with E-state index in [0.29, 0.717) is 0 Å². The number of carbonyl (C=O) groups excluding carboxylic acids is 1. The lowest BCUT2D eigenvalue weighted by molar-refractivity contribution is 0.375. The molecule has 0 N–H and O–H groups in total. The van der Waals surface area contributed by atoms with E-state index in [0.717, 1.165) is 52.6 Å². The number of nitrogens with zero attached hydrogens (tertiary/aromatic N) is 1. The van der Waals surface area contributed by atoms with Crippen molar-refractivity contribution in [2.24, 2.45) is 4.99 Å². The Balaban J connectivity index is 2.73. The van der Waals surface area contributed by atoms with E-state index >= 15 is 0 Å². The first kappa shape index (κ1) is 14.3. The Morgan fingerprint density at radius 1 is 1.32 bits per heavy atom. The first-order valence-corrected chi connectivity index (χ1v) is 7.28. The van der Waals surface area contributed by atoms with Crippen molar-refractivity contribution in [1.82, 2.24) is 0 Å². The van der Waals surface area contributed by atoms with E-state index in [9.17, 15) is 4.79 Å². The standard InChI is InChI=1S/C15H18BrNO2/c1-10-8-11(2)13(16)14(19-3)12(10)15(17-9-18)6-4-5-7-15/h8H,4-7H2,1-3H3. The van der Waals surface area contributed by atoms with Gasteiger partial charge < -0.3 is 4.74 Å². The average Bonchev–Trinajstić information content (AvgIpc) is 2.83. The molecule has 3 nitrogen and oxygen atoms in total. The fourth-order valence-corrected chi connectivity index (χ4v) is 3.64. The van der Waals surface area contributed by atoms with E-state index in [-0.39, 0.29) is 0 Å². The minimum Gasteiger partial charge on any atom is -0.495 e. The summed E-state index contributed by atoms with van der Waals surface area (Å²) in [5, 5.41) is 0. The van der Waals surface area contributed by atoms with Crippen LogP contribution in [0.1, 0.15) is 42.4 Å². The molecule has 0 aromatic heterocycles. The minimum atomic E-state index is -0.451. The van der Waals surface area contributed by atoms with Gasteiger partial charge in [0.1, 0.15) is 11.3 Å². The molecule has 0 amide bonds. The zero-order valence-electron chi connectivity index (χ0n) is 11.5. The molecule has 1 aromatic rings. The molecule has 0 aliphatic heterocycles. The number of hydrogen-bond acceptors (Lipinski definition) is 3. The highest BCUT2D eigenvalue weighted by Crippen LogP contribution is 2.49. The molecule has 1 fully saturated rings. The van der Waals surface area contributed by atoms with E-state index in [1.54, 1.807) is 13.2 Å². The van der Waals surface area contributed by atoms with Crippen molar-refractivity contribution >= 4 is 22.0 Å². The lowest BCUT2D eigenvalue weighted by Gasteiger charge is -2.28. The molecule has 0 bridgehead atoms. The van der Waals surface area contributed by atoms with E-state index in [2.05, 4.69) is 33.9 Å². The van der Waals surface area contributed by atoms with Crippen LogP contribution in [0.25, 0.3) is 0 Å². The summed E-state index contributed by atoms with van der Waals surface area (Å²) in [7, 11) is 1.66. The summed E-state index contributed by atoms with van der Waals surface area (Å²) in [6.45, 7) is 4.09. The third-order valence-electron chi connectivity index (χ3n) is 3.96. The van der Waals surface area contributed by atoms with Gasteiger partial charge in [0.05, 0.1) is 11.6 Å². The first-order chi connectivity index (χ1) is 9.05. The molecule has 0 spiro atoms. The molecule has 1 aliphatic carbocycles. The van der Waals surface area contributed by atoms with Crippen molar-refractivity contribution in [3.05, 3.63) is 27.2 Å².